The van der Waals surface area contributed by atoms with E-state index in [1.807, 2.05) is 6.92 Å². The molecule has 0 aliphatic carbocycles. The van der Waals surface area contributed by atoms with Crippen molar-refractivity contribution < 1.29 is 13.2 Å². The van der Waals surface area contributed by atoms with Gasteiger partial charge in [-0.3, -0.25) is 9.89 Å². The molecule has 0 bridgehead atoms. The van der Waals surface area contributed by atoms with Crippen LogP contribution in [-0.4, -0.2) is 54.5 Å². The molecule has 0 saturated carbocycles. The van der Waals surface area contributed by atoms with Crippen LogP contribution >= 0.6 is 0 Å². The molecule has 2 rings (SSSR count). The number of piperazine rings is 1. The lowest BCUT2D eigenvalue weighted by Crippen LogP contribution is -2.49. The third-order valence-electron chi connectivity index (χ3n) is 2.91. The predicted molar refractivity (Wildman–Crippen MR) is 55.3 cm³/mol. The van der Waals surface area contributed by atoms with Crippen LogP contribution in [0, 0.1) is 0 Å². The van der Waals surface area contributed by atoms with E-state index in [0.29, 0.717) is 13.1 Å². The largest absolute Gasteiger partial charge is 0.415 e. The highest BCUT2D eigenvalue weighted by atomic mass is 19.4. The summed E-state index contributed by atoms with van der Waals surface area (Å²) in [6, 6.07) is 0. The van der Waals surface area contributed by atoms with Crippen LogP contribution in [0.4, 0.5) is 13.2 Å². The Labute approximate surface area is 92.2 Å². The summed E-state index contributed by atoms with van der Waals surface area (Å²) in [6.45, 7) is 4.73. The molecule has 0 radical (unpaired) electrons. The van der Waals surface area contributed by atoms with E-state index in [4.69, 9.17) is 0 Å². The average Bonchev–Trinajstić information content (AvgIpc) is 2.26. The molecule has 1 saturated heterocycles. The van der Waals surface area contributed by atoms with Gasteiger partial charge in [-0.2, -0.15) is 13.2 Å². The van der Waals surface area contributed by atoms with E-state index in [1.165, 1.54) is 6.20 Å². The van der Waals surface area contributed by atoms with Crippen LogP contribution in [0.3, 0.4) is 0 Å². The van der Waals surface area contributed by atoms with E-state index in [2.05, 4.69) is 9.89 Å². The van der Waals surface area contributed by atoms with Crippen LogP contribution in [0.25, 0.3) is 0 Å². The first-order valence-corrected chi connectivity index (χ1v) is 5.31. The molecule has 0 atom stereocenters. The van der Waals surface area contributed by atoms with E-state index in [0.717, 1.165) is 18.9 Å². The van der Waals surface area contributed by atoms with Crippen molar-refractivity contribution in [1.29, 1.82) is 0 Å². The summed E-state index contributed by atoms with van der Waals surface area (Å²) in [5.41, 5.74) is -0.554. The highest BCUT2D eigenvalue weighted by molar-refractivity contribution is 5.86. The molecule has 16 heavy (non-hydrogen) atoms. The second-order valence-electron chi connectivity index (χ2n) is 3.95. The molecule has 1 fully saturated rings. The lowest BCUT2D eigenvalue weighted by Gasteiger charge is -2.37. The van der Waals surface area contributed by atoms with E-state index < -0.39 is 11.7 Å². The average molecular weight is 233 g/mol. The number of likely N-dealkylation sites (N-methyl/N-ethyl adjacent to an activating group) is 1. The Morgan fingerprint density at radius 1 is 1.38 bits per heavy atom. The molecule has 3 nitrogen and oxygen atoms in total. The van der Waals surface area contributed by atoms with Gasteiger partial charge in [0.1, 0.15) is 5.84 Å². The normalized spacial score (nSPS) is 22.6. The van der Waals surface area contributed by atoms with E-state index in [-0.39, 0.29) is 6.54 Å². The van der Waals surface area contributed by atoms with Gasteiger partial charge in [-0.15, -0.1) is 0 Å². The van der Waals surface area contributed by atoms with Crippen molar-refractivity contribution in [2.45, 2.75) is 13.1 Å². The van der Waals surface area contributed by atoms with Crippen LogP contribution < -0.4 is 0 Å². The smallest absolute Gasteiger partial charge is 0.334 e. The van der Waals surface area contributed by atoms with Gasteiger partial charge < -0.3 is 4.90 Å². The zero-order chi connectivity index (χ0) is 11.8. The molecule has 90 valence electrons. The van der Waals surface area contributed by atoms with E-state index in [9.17, 15) is 13.2 Å². The SMILES string of the molecule is CCN1CCN2C=C(C(F)(F)F)CN=C2C1. The van der Waals surface area contributed by atoms with Crippen LogP contribution in [0.15, 0.2) is 16.8 Å². The molecule has 2 aliphatic rings. The Morgan fingerprint density at radius 2 is 2.12 bits per heavy atom. The van der Waals surface area contributed by atoms with Crippen molar-refractivity contribution in [2.75, 3.05) is 32.7 Å². The van der Waals surface area contributed by atoms with Gasteiger partial charge in [0.15, 0.2) is 0 Å². The number of hydrogen-bond donors (Lipinski definition) is 0. The van der Waals surface area contributed by atoms with Gasteiger partial charge in [0.2, 0.25) is 0 Å². The summed E-state index contributed by atoms with van der Waals surface area (Å²) in [7, 11) is 0. The van der Waals surface area contributed by atoms with Crippen LogP contribution in [0.5, 0.6) is 0 Å². The summed E-state index contributed by atoms with van der Waals surface area (Å²) in [6.07, 6.45) is -3.05. The second-order valence-corrected chi connectivity index (χ2v) is 3.95. The number of alkyl halides is 3. The number of rotatable bonds is 1. The van der Waals surface area contributed by atoms with Crippen molar-refractivity contribution in [3.63, 3.8) is 0 Å². The standard InChI is InChI=1S/C10H14F3N3/c1-2-15-3-4-16-6-8(10(11,12)13)5-14-9(16)7-15/h6H,2-5,7H2,1H3. The quantitative estimate of drug-likeness (QED) is 0.683. The maximum absolute atomic E-state index is 12.5. The third kappa shape index (κ3) is 2.21. The Kier molecular flexibility index (Phi) is 2.92. The molecule has 0 aromatic rings. The maximum Gasteiger partial charge on any atom is 0.415 e. The molecule has 6 heteroatoms. The molecule has 0 unspecified atom stereocenters. The summed E-state index contributed by atoms with van der Waals surface area (Å²) in [5.74, 6) is 0.751. The summed E-state index contributed by atoms with van der Waals surface area (Å²) < 4.78 is 37.4. The number of fused-ring (bicyclic) bond motifs is 1. The number of halogens is 3. The van der Waals surface area contributed by atoms with Crippen LogP contribution in [0.2, 0.25) is 0 Å². The van der Waals surface area contributed by atoms with Crippen molar-refractivity contribution in [2.24, 2.45) is 4.99 Å². The van der Waals surface area contributed by atoms with Gasteiger partial charge in [0.25, 0.3) is 0 Å². The molecular formula is C10H14F3N3. The molecule has 0 amide bonds. The minimum absolute atomic E-state index is 0.243. The summed E-state index contributed by atoms with van der Waals surface area (Å²) >= 11 is 0. The summed E-state index contributed by atoms with van der Waals surface area (Å²) in [5, 5.41) is 0. The first-order valence-electron chi connectivity index (χ1n) is 5.31. The number of nitrogens with zero attached hydrogens (tertiary/aromatic N) is 3. The van der Waals surface area contributed by atoms with Gasteiger partial charge in [-0.25, -0.2) is 0 Å². The number of amidine groups is 1. The monoisotopic (exact) mass is 233 g/mol. The first-order chi connectivity index (χ1) is 7.50. The van der Waals surface area contributed by atoms with Crippen molar-refractivity contribution in [3.8, 4) is 0 Å². The lowest BCUT2D eigenvalue weighted by atomic mass is 10.2. The van der Waals surface area contributed by atoms with Gasteiger partial charge in [0, 0.05) is 19.3 Å². The van der Waals surface area contributed by atoms with Crippen molar-refractivity contribution >= 4 is 5.84 Å². The number of hydrogen-bond acceptors (Lipinski definition) is 3. The Hall–Kier alpha value is -1.04. The molecule has 0 aromatic heterocycles. The lowest BCUT2D eigenvalue weighted by molar-refractivity contribution is -0.0934. The summed E-state index contributed by atoms with van der Waals surface area (Å²) in [4.78, 5) is 7.80. The Balaban J connectivity index is 2.09. The number of aliphatic imine (C=N–C) groups is 1. The maximum atomic E-state index is 12.5. The first kappa shape index (κ1) is 11.4. The van der Waals surface area contributed by atoms with Gasteiger partial charge in [-0.1, -0.05) is 6.92 Å². The van der Waals surface area contributed by atoms with Gasteiger partial charge >= 0.3 is 6.18 Å². The predicted octanol–water partition coefficient (Wildman–Crippen LogP) is 1.48. The van der Waals surface area contributed by atoms with Crippen molar-refractivity contribution in [3.05, 3.63) is 11.8 Å². The topological polar surface area (TPSA) is 18.8 Å². The minimum atomic E-state index is -4.25. The molecular weight excluding hydrogens is 219 g/mol. The second kappa shape index (κ2) is 4.08. The zero-order valence-electron chi connectivity index (χ0n) is 9.09. The molecule has 0 aromatic carbocycles. The molecule has 0 spiro atoms. The highest BCUT2D eigenvalue weighted by Crippen LogP contribution is 2.28. The fourth-order valence-corrected chi connectivity index (χ4v) is 1.87. The van der Waals surface area contributed by atoms with Crippen molar-refractivity contribution in [1.82, 2.24) is 9.80 Å². The molecule has 2 heterocycles. The zero-order valence-corrected chi connectivity index (χ0v) is 9.09. The Bertz CT molecular complexity index is 333. The fourth-order valence-electron chi connectivity index (χ4n) is 1.87. The van der Waals surface area contributed by atoms with E-state index >= 15 is 0 Å². The molecule has 0 N–H and O–H groups in total. The third-order valence-corrected chi connectivity index (χ3v) is 2.91. The molecule has 2 aliphatic heterocycles. The fraction of sp³-hybridized carbons (Fsp3) is 0.700. The van der Waals surface area contributed by atoms with Gasteiger partial charge in [0.05, 0.1) is 18.7 Å². The van der Waals surface area contributed by atoms with E-state index in [1.54, 1.807) is 4.90 Å². The highest BCUT2D eigenvalue weighted by Gasteiger charge is 2.36. The minimum Gasteiger partial charge on any atom is -0.334 e. The van der Waals surface area contributed by atoms with Gasteiger partial charge in [-0.05, 0) is 6.54 Å². The van der Waals surface area contributed by atoms with Crippen LogP contribution in [0.1, 0.15) is 6.92 Å². The Morgan fingerprint density at radius 3 is 2.75 bits per heavy atom. The van der Waals surface area contributed by atoms with Crippen LogP contribution in [-0.2, 0) is 0 Å².